The Balaban J connectivity index is 0.00000400. The van der Waals surface area contributed by atoms with Gasteiger partial charge in [-0.25, -0.2) is 15.0 Å². The fourth-order valence-electron chi connectivity index (χ4n) is 7.07. The summed E-state index contributed by atoms with van der Waals surface area (Å²) >= 11 is 0. The Bertz CT molecular complexity index is 2710. The third-order valence-corrected chi connectivity index (χ3v) is 9.39. The van der Waals surface area contributed by atoms with Crippen molar-refractivity contribution in [3.8, 4) is 0 Å². The van der Waals surface area contributed by atoms with Crippen molar-refractivity contribution in [2.45, 2.75) is 0 Å². The second kappa shape index (κ2) is 14.1. The molecular weight excluding hydrogens is 699 g/mol. The monoisotopic (exact) mass is 726 g/mol. The summed E-state index contributed by atoms with van der Waals surface area (Å²) in [5, 5.41) is 14.3. The van der Waals surface area contributed by atoms with E-state index in [1.165, 1.54) is 0 Å². The number of aldehydes is 1. The summed E-state index contributed by atoms with van der Waals surface area (Å²) in [4.78, 5) is 33.9. The molecule has 0 unspecified atom stereocenters. The van der Waals surface area contributed by atoms with Crippen molar-refractivity contribution in [2.75, 3.05) is 0 Å². The van der Waals surface area contributed by atoms with E-state index < -0.39 is 0 Å². The normalized spacial score (nSPS) is 17.0. The van der Waals surface area contributed by atoms with E-state index in [2.05, 4.69) is 12.1 Å². The molecule has 9 rings (SSSR count). The Hall–Kier alpha value is -6.69. The molecule has 8 bridgehead atoms. The molecule has 0 spiro atoms. The second-order valence-electron chi connectivity index (χ2n) is 12.5. The quantitative estimate of drug-likeness (QED) is 0.126. The van der Waals surface area contributed by atoms with E-state index in [1.54, 1.807) is 6.08 Å². The molecule has 53 heavy (non-hydrogen) atoms. The Labute approximate surface area is 316 Å². The molecule has 5 heterocycles. The molecule has 5 aromatic rings. The first-order valence-corrected chi connectivity index (χ1v) is 17.0. The van der Waals surface area contributed by atoms with Crippen molar-refractivity contribution in [2.24, 2.45) is 15.0 Å². The molecule has 6 nitrogen and oxygen atoms in total. The molecule has 4 aliphatic rings. The molecule has 0 aliphatic carbocycles. The first-order valence-electron chi connectivity index (χ1n) is 17.0. The SMILES string of the molecule is O=CC1=CC2=NC1=C(c1ccccc1)C1=CC(=C[O-])C(=N1)C(c1ccccc1)=c1ccc([n-]1)=C(c1ccccc1)C1=NC(=C2c2ccccc2)C=C1.[Ni+2]. The van der Waals surface area contributed by atoms with Gasteiger partial charge in [-0.3, -0.25) is 4.79 Å². The fourth-order valence-corrected chi connectivity index (χ4v) is 7.07. The zero-order valence-electron chi connectivity index (χ0n) is 28.1. The van der Waals surface area contributed by atoms with Crippen LogP contribution in [0.4, 0.5) is 0 Å². The number of allylic oxidation sites excluding steroid dienone is 8. The van der Waals surface area contributed by atoms with E-state index >= 15 is 0 Å². The van der Waals surface area contributed by atoms with Gasteiger partial charge in [-0.15, -0.1) is 17.0 Å². The van der Waals surface area contributed by atoms with Crippen LogP contribution < -0.4 is 20.8 Å². The largest absolute Gasteiger partial charge is 2.00 e. The number of carbonyl (C=O) groups is 1. The first kappa shape index (κ1) is 33.5. The molecule has 0 saturated heterocycles. The van der Waals surface area contributed by atoms with Crippen LogP contribution in [-0.2, 0) is 21.3 Å². The van der Waals surface area contributed by atoms with Crippen molar-refractivity contribution in [1.29, 1.82) is 0 Å². The number of nitrogens with zero attached hydrogens (tertiary/aromatic N) is 4. The van der Waals surface area contributed by atoms with Crippen LogP contribution in [0.5, 0.6) is 0 Å². The zero-order chi connectivity index (χ0) is 35.0. The van der Waals surface area contributed by atoms with Gasteiger partial charge in [-0.05, 0) is 63.3 Å². The average molecular weight is 727 g/mol. The number of hydrogen-bond donors (Lipinski definition) is 0. The van der Waals surface area contributed by atoms with Gasteiger partial charge >= 0.3 is 16.5 Å². The van der Waals surface area contributed by atoms with Crippen LogP contribution in [0.1, 0.15) is 22.3 Å². The Morgan fingerprint density at radius 2 is 1.06 bits per heavy atom. The van der Waals surface area contributed by atoms with Crippen LogP contribution in [0.3, 0.4) is 0 Å². The third kappa shape index (κ3) is 5.97. The molecule has 0 atom stereocenters. The Morgan fingerprint density at radius 3 is 1.62 bits per heavy atom. The second-order valence-corrected chi connectivity index (χ2v) is 12.5. The van der Waals surface area contributed by atoms with Crippen LogP contribution in [0.2, 0.25) is 0 Å². The molecule has 1 aromatic heterocycles. The minimum absolute atomic E-state index is 0. The number of hydrogen-bond acceptors (Lipinski definition) is 5. The van der Waals surface area contributed by atoms with Gasteiger partial charge in [0.15, 0.2) is 6.29 Å². The van der Waals surface area contributed by atoms with Crippen molar-refractivity contribution in [1.82, 2.24) is 4.98 Å². The summed E-state index contributed by atoms with van der Waals surface area (Å²) in [6.45, 7) is 0. The number of fused-ring (bicyclic) bond motifs is 5. The van der Waals surface area contributed by atoms with Gasteiger partial charge < -0.3 is 10.1 Å². The molecule has 4 aliphatic heterocycles. The van der Waals surface area contributed by atoms with Crippen molar-refractivity contribution in [3.05, 3.63) is 225 Å². The maximum Gasteiger partial charge on any atom is 2.00 e. The molecule has 7 heteroatoms. The van der Waals surface area contributed by atoms with Gasteiger partial charge in [0.2, 0.25) is 0 Å². The van der Waals surface area contributed by atoms with Crippen LogP contribution in [0.15, 0.2) is 207 Å². The summed E-state index contributed by atoms with van der Waals surface area (Å²) in [5.41, 5.74) is 10.9. The number of aromatic nitrogens is 1. The van der Waals surface area contributed by atoms with Crippen LogP contribution in [-0.4, -0.2) is 23.4 Å². The van der Waals surface area contributed by atoms with E-state index in [1.807, 2.05) is 140 Å². The van der Waals surface area contributed by atoms with E-state index in [0.717, 1.165) is 62.6 Å². The zero-order valence-corrected chi connectivity index (χ0v) is 29.1. The molecule has 0 saturated carbocycles. The molecule has 4 aromatic carbocycles. The summed E-state index contributed by atoms with van der Waals surface area (Å²) in [6, 6.07) is 43.6. The summed E-state index contributed by atoms with van der Waals surface area (Å²) in [7, 11) is 0. The third-order valence-electron chi connectivity index (χ3n) is 9.39. The smallest absolute Gasteiger partial charge is 0.877 e. The Morgan fingerprint density at radius 1 is 0.528 bits per heavy atom. The summed E-state index contributed by atoms with van der Waals surface area (Å²) < 4.78 is 0. The molecule has 0 radical (unpaired) electrons. The topological polar surface area (TPSA) is 91.3 Å². The van der Waals surface area contributed by atoms with Crippen molar-refractivity contribution >= 4 is 45.7 Å². The van der Waals surface area contributed by atoms with Crippen molar-refractivity contribution in [3.63, 3.8) is 0 Å². The van der Waals surface area contributed by atoms with Crippen LogP contribution in [0.25, 0.3) is 22.3 Å². The Kier molecular flexibility index (Phi) is 8.93. The standard InChI is InChI=1S/C46H30N4O2.Ni/c51-27-33-25-39-42(30-15-7-2-8-16-30)37-22-21-35(47-37)41(29-13-5-1-6-14-29)36-23-24-38(48-36)43(31-17-9-3-10-18-31)45-34(28-52)26-40(50-45)44(46(33)49-39)32-19-11-4-12-20-32;/h1-28H,(H2,47,48,49,50,51,52);/q;+2/p-2. The average Bonchev–Trinajstić information content (AvgIpc) is 4.03. The van der Waals surface area contributed by atoms with Gasteiger partial charge in [0.25, 0.3) is 0 Å². The van der Waals surface area contributed by atoms with Gasteiger partial charge in [0.05, 0.1) is 34.2 Å². The predicted octanol–water partition coefficient (Wildman–Crippen LogP) is 6.05. The van der Waals surface area contributed by atoms with E-state index in [9.17, 15) is 9.90 Å². The molecule has 0 fully saturated rings. The van der Waals surface area contributed by atoms with Crippen LogP contribution in [0, 0.1) is 0 Å². The maximum absolute atomic E-state index is 12.9. The van der Waals surface area contributed by atoms with E-state index in [-0.39, 0.29) is 16.5 Å². The number of rotatable bonds is 5. The predicted molar refractivity (Wildman–Crippen MR) is 205 cm³/mol. The maximum atomic E-state index is 12.9. The fraction of sp³-hybridized carbons (Fsp3) is 0. The first-order chi connectivity index (χ1) is 25.7. The molecule has 254 valence electrons. The minimum atomic E-state index is 0. The van der Waals surface area contributed by atoms with Crippen LogP contribution >= 0.6 is 0 Å². The number of carbonyl (C=O) groups excluding carboxylic acids is 1. The number of benzene rings is 4. The van der Waals surface area contributed by atoms with Gasteiger partial charge in [-0.2, -0.15) is 0 Å². The molecule has 0 N–H and O–H groups in total. The summed E-state index contributed by atoms with van der Waals surface area (Å²) in [6.07, 6.45) is 9.28. The van der Waals surface area contributed by atoms with Gasteiger partial charge in [0.1, 0.15) is 0 Å². The summed E-state index contributed by atoms with van der Waals surface area (Å²) in [5.74, 6) is 0. The molecular formula is C46H28N4NiO2. The van der Waals surface area contributed by atoms with Gasteiger partial charge in [-0.1, -0.05) is 133 Å². The van der Waals surface area contributed by atoms with Crippen molar-refractivity contribution < 1.29 is 26.4 Å². The van der Waals surface area contributed by atoms with Gasteiger partial charge in [0, 0.05) is 16.7 Å². The van der Waals surface area contributed by atoms with E-state index in [4.69, 9.17) is 20.0 Å². The number of aliphatic imine (C=N–C) groups is 3. The van der Waals surface area contributed by atoms with E-state index in [0.29, 0.717) is 50.6 Å². The molecule has 0 amide bonds. The minimum Gasteiger partial charge on any atom is -0.877 e.